The van der Waals surface area contributed by atoms with Crippen LogP contribution in [0.15, 0.2) is 35.9 Å². The third kappa shape index (κ3) is 3.07. The molecule has 1 saturated carbocycles. The normalized spacial score (nSPS) is 15.4. The Balaban J connectivity index is 1.73. The summed E-state index contributed by atoms with van der Waals surface area (Å²) in [5.74, 6) is 0.468. The molecule has 0 unspecified atom stereocenters. The van der Waals surface area contributed by atoms with Crippen molar-refractivity contribution < 1.29 is 8.79 Å². The monoisotopic (exact) mass is 341 g/mol. The Morgan fingerprint density at radius 2 is 2.12 bits per heavy atom. The number of nitrogens with one attached hydrogen (secondary N) is 2. The third-order valence-electron chi connectivity index (χ3n) is 4.57. The summed E-state index contributed by atoms with van der Waals surface area (Å²) in [5, 5.41) is 6.35. The molecule has 3 heterocycles. The first-order valence-corrected chi connectivity index (χ1v) is 8.40. The molecule has 1 aliphatic carbocycles. The van der Waals surface area contributed by atoms with Crippen LogP contribution >= 0.6 is 0 Å². The van der Waals surface area contributed by atoms with Gasteiger partial charge in [0.2, 0.25) is 11.5 Å². The van der Waals surface area contributed by atoms with E-state index in [2.05, 4.69) is 25.4 Å². The van der Waals surface area contributed by atoms with Crippen LogP contribution in [0.3, 0.4) is 0 Å². The van der Waals surface area contributed by atoms with Crippen molar-refractivity contribution in [3.63, 3.8) is 0 Å². The van der Waals surface area contributed by atoms with Crippen molar-refractivity contribution in [1.82, 2.24) is 15.0 Å². The van der Waals surface area contributed by atoms with E-state index in [1.54, 1.807) is 16.7 Å². The lowest BCUT2D eigenvalue weighted by molar-refractivity contribution is -0.500. The van der Waals surface area contributed by atoms with E-state index in [0.717, 1.165) is 31.3 Å². The Labute approximate surface area is 143 Å². The summed E-state index contributed by atoms with van der Waals surface area (Å²) in [4.78, 5) is 22.8. The van der Waals surface area contributed by atoms with Gasteiger partial charge in [-0.15, -0.1) is 4.91 Å². The number of hydrogen-bond donors (Lipinski definition) is 2. The highest BCUT2D eigenvalue weighted by atomic mass is 19.1. The highest BCUT2D eigenvalue weighted by molar-refractivity contribution is 5.63. The summed E-state index contributed by atoms with van der Waals surface area (Å²) >= 11 is 0. The van der Waals surface area contributed by atoms with Crippen molar-refractivity contribution in [3.8, 4) is 11.5 Å². The van der Waals surface area contributed by atoms with Gasteiger partial charge in [-0.2, -0.15) is 4.40 Å². The van der Waals surface area contributed by atoms with Gasteiger partial charge in [-0.3, -0.25) is 0 Å². The lowest BCUT2D eigenvalue weighted by Gasteiger charge is -2.23. The first-order chi connectivity index (χ1) is 12.2. The highest BCUT2D eigenvalue weighted by Crippen LogP contribution is 2.28. The minimum atomic E-state index is -0.356. The van der Waals surface area contributed by atoms with Crippen LogP contribution in [0.4, 0.5) is 15.9 Å². The number of aromatic nitrogens is 4. The Bertz CT molecular complexity index is 919. The number of nitrogens with zero attached hydrogens (tertiary/aromatic N) is 4. The fourth-order valence-electron chi connectivity index (χ4n) is 3.29. The summed E-state index contributed by atoms with van der Waals surface area (Å²) < 4.78 is 15.2. The summed E-state index contributed by atoms with van der Waals surface area (Å²) in [5.41, 5.74) is 1.52. The van der Waals surface area contributed by atoms with Gasteiger partial charge in [0.25, 0.3) is 5.65 Å². The van der Waals surface area contributed by atoms with E-state index < -0.39 is 0 Å². The molecule has 25 heavy (non-hydrogen) atoms. The van der Waals surface area contributed by atoms with Gasteiger partial charge in [0.1, 0.15) is 12.4 Å². The van der Waals surface area contributed by atoms with Crippen molar-refractivity contribution in [2.45, 2.75) is 38.1 Å². The molecule has 4 rings (SSSR count). The second-order valence-electron chi connectivity index (χ2n) is 6.27. The molecule has 0 spiro atoms. The first kappa shape index (κ1) is 15.6. The van der Waals surface area contributed by atoms with Crippen LogP contribution in [0.5, 0.6) is 0 Å². The standard InChI is InChI=1S/C17H17FN6O/c18-11-6-7-15-19-9-14(24(15)10-11)17-20-8-13(23-25)16(22-17)21-12-4-2-1-3-5-12/h6-10,12H,1-5H2,(H,20,21,22,25)/p+1. The average molecular weight is 341 g/mol. The summed E-state index contributed by atoms with van der Waals surface area (Å²) in [6.07, 6.45) is 10.1. The number of nitroso groups, excluding NO2 is 1. The Morgan fingerprint density at radius 1 is 1.28 bits per heavy atom. The van der Waals surface area contributed by atoms with E-state index in [0.29, 0.717) is 17.3 Å². The van der Waals surface area contributed by atoms with Crippen LogP contribution in [-0.4, -0.2) is 21.0 Å². The second kappa shape index (κ2) is 6.54. The maximum Gasteiger partial charge on any atom is 0.284 e. The Hall–Kier alpha value is -2.90. The minimum Gasteiger partial charge on any atom is -0.365 e. The van der Waals surface area contributed by atoms with Gasteiger partial charge in [-0.05, 0) is 24.1 Å². The number of hydrogen-bond acceptors (Lipinski definition) is 5. The van der Waals surface area contributed by atoms with Gasteiger partial charge in [0.15, 0.2) is 17.3 Å². The van der Waals surface area contributed by atoms with Gasteiger partial charge in [0.05, 0.1) is 6.20 Å². The van der Waals surface area contributed by atoms with Crippen LogP contribution in [0.25, 0.3) is 17.2 Å². The molecular weight excluding hydrogens is 323 g/mol. The van der Waals surface area contributed by atoms with Crippen molar-refractivity contribution >= 4 is 17.2 Å². The average Bonchev–Trinajstić information content (AvgIpc) is 3.05. The summed E-state index contributed by atoms with van der Waals surface area (Å²) in [6.45, 7) is 0. The molecular formula is C17H18FN6O+. The van der Waals surface area contributed by atoms with Gasteiger partial charge >= 0.3 is 0 Å². The van der Waals surface area contributed by atoms with Crippen LogP contribution in [0, 0.1) is 10.7 Å². The molecule has 2 N–H and O–H groups in total. The molecule has 1 aliphatic rings. The molecule has 0 saturated heterocycles. The van der Waals surface area contributed by atoms with E-state index in [1.807, 2.05) is 0 Å². The Kier molecular flexibility index (Phi) is 4.09. The maximum absolute atomic E-state index is 13.6. The molecule has 128 valence electrons. The number of anilines is 1. The molecule has 0 bridgehead atoms. The molecule has 7 nitrogen and oxygen atoms in total. The highest BCUT2D eigenvalue weighted by Gasteiger charge is 2.20. The van der Waals surface area contributed by atoms with Gasteiger partial charge in [-0.25, -0.2) is 19.3 Å². The predicted molar refractivity (Wildman–Crippen MR) is 90.9 cm³/mol. The van der Waals surface area contributed by atoms with Gasteiger partial charge in [-0.1, -0.05) is 19.3 Å². The Morgan fingerprint density at radius 3 is 2.92 bits per heavy atom. The van der Waals surface area contributed by atoms with Crippen LogP contribution in [0.1, 0.15) is 32.1 Å². The fraction of sp³-hybridized carbons (Fsp3) is 0.353. The van der Waals surface area contributed by atoms with Crippen LogP contribution in [0.2, 0.25) is 0 Å². The molecule has 3 aromatic rings. The molecule has 8 heteroatoms. The van der Waals surface area contributed by atoms with Gasteiger partial charge < -0.3 is 5.32 Å². The minimum absolute atomic E-state index is 0.186. The van der Waals surface area contributed by atoms with Crippen LogP contribution < -0.4 is 9.72 Å². The molecule has 0 atom stereocenters. The fourth-order valence-corrected chi connectivity index (χ4v) is 3.29. The number of halogens is 1. The maximum atomic E-state index is 13.6. The molecule has 0 amide bonds. The zero-order valence-electron chi connectivity index (χ0n) is 13.6. The molecule has 1 fully saturated rings. The van der Waals surface area contributed by atoms with E-state index in [9.17, 15) is 9.30 Å². The zero-order valence-corrected chi connectivity index (χ0v) is 13.6. The van der Waals surface area contributed by atoms with Crippen molar-refractivity contribution in [1.29, 1.82) is 0 Å². The number of rotatable bonds is 4. The SMILES string of the molecule is O=Nc1cnc(-c2c[nH]c3ccc(F)c[n+]23)nc1NC1CCCCC1. The molecule has 0 aliphatic heterocycles. The number of imidazole rings is 1. The predicted octanol–water partition coefficient (Wildman–Crippen LogP) is 3.49. The van der Waals surface area contributed by atoms with Crippen molar-refractivity contribution in [2.75, 3.05) is 5.32 Å². The quantitative estimate of drug-likeness (QED) is 0.562. The molecule has 0 radical (unpaired) electrons. The smallest absolute Gasteiger partial charge is 0.284 e. The number of aromatic amines is 1. The first-order valence-electron chi connectivity index (χ1n) is 8.40. The molecule has 3 aromatic heterocycles. The summed E-state index contributed by atoms with van der Waals surface area (Å²) in [6, 6.07) is 3.30. The number of fused-ring (bicyclic) bond motifs is 1. The zero-order chi connectivity index (χ0) is 17.2. The lowest BCUT2D eigenvalue weighted by atomic mass is 9.95. The van der Waals surface area contributed by atoms with Gasteiger partial charge in [0, 0.05) is 12.1 Å². The van der Waals surface area contributed by atoms with Crippen molar-refractivity contribution in [3.05, 3.63) is 41.4 Å². The summed E-state index contributed by atoms with van der Waals surface area (Å²) in [7, 11) is 0. The lowest BCUT2D eigenvalue weighted by Crippen LogP contribution is -2.24. The topological polar surface area (TPSA) is 87.1 Å². The largest absolute Gasteiger partial charge is 0.365 e. The third-order valence-corrected chi connectivity index (χ3v) is 4.57. The number of pyridine rings is 1. The van der Waals surface area contributed by atoms with E-state index in [-0.39, 0.29) is 17.5 Å². The van der Waals surface area contributed by atoms with E-state index >= 15 is 0 Å². The number of H-pyrrole nitrogens is 1. The molecule has 0 aromatic carbocycles. The van der Waals surface area contributed by atoms with E-state index in [1.165, 1.54) is 24.9 Å². The van der Waals surface area contributed by atoms with E-state index in [4.69, 9.17) is 0 Å². The second-order valence-corrected chi connectivity index (χ2v) is 6.27. The van der Waals surface area contributed by atoms with Crippen LogP contribution in [-0.2, 0) is 0 Å². The van der Waals surface area contributed by atoms with Crippen molar-refractivity contribution in [2.24, 2.45) is 5.18 Å².